The topological polar surface area (TPSA) is 6.48 Å². The average molecular weight is 333 g/mol. The molecule has 0 spiro atoms. The number of hydrogen-bond acceptors (Lipinski definition) is 2. The highest BCUT2D eigenvalue weighted by Gasteiger charge is 2.51. The molecule has 0 N–H and O–H groups in total. The van der Waals surface area contributed by atoms with Crippen molar-refractivity contribution in [3.05, 3.63) is 0 Å². The van der Waals surface area contributed by atoms with Crippen molar-refractivity contribution in [3.8, 4) is 0 Å². The number of piperidine rings is 2. The first-order valence-corrected chi connectivity index (χ1v) is 11.4. The standard InChI is InChI=1S/C22H40N2/c1-4-12-20(13-5-1)22(23-17-9-3-10-18-23)16-8-11-19-24(22)21-14-6-2-7-15-21/h20-21H,1-19H2. The van der Waals surface area contributed by atoms with Gasteiger partial charge in [-0.3, -0.25) is 9.80 Å². The molecule has 0 aromatic carbocycles. The van der Waals surface area contributed by atoms with E-state index in [1.165, 1.54) is 122 Å². The predicted molar refractivity (Wildman–Crippen MR) is 102 cm³/mol. The maximum absolute atomic E-state index is 3.12. The number of rotatable bonds is 3. The van der Waals surface area contributed by atoms with Crippen LogP contribution in [-0.2, 0) is 0 Å². The first-order chi connectivity index (χ1) is 11.9. The molecule has 1 atom stereocenters. The van der Waals surface area contributed by atoms with Crippen molar-refractivity contribution in [3.63, 3.8) is 0 Å². The number of likely N-dealkylation sites (tertiary alicyclic amines) is 2. The lowest BCUT2D eigenvalue weighted by Crippen LogP contribution is -2.69. The van der Waals surface area contributed by atoms with Crippen molar-refractivity contribution >= 4 is 0 Å². The van der Waals surface area contributed by atoms with E-state index in [1.807, 2.05) is 0 Å². The van der Waals surface area contributed by atoms with Crippen LogP contribution in [0.25, 0.3) is 0 Å². The van der Waals surface area contributed by atoms with Crippen molar-refractivity contribution in [2.45, 2.75) is 114 Å². The summed E-state index contributed by atoms with van der Waals surface area (Å²) in [4.78, 5) is 6.15. The van der Waals surface area contributed by atoms with E-state index in [1.54, 1.807) is 0 Å². The second-order valence-corrected chi connectivity index (χ2v) is 9.20. The lowest BCUT2D eigenvalue weighted by Gasteiger charge is -2.61. The fourth-order valence-electron chi connectivity index (χ4n) is 6.78. The summed E-state index contributed by atoms with van der Waals surface area (Å²) in [6, 6.07) is 0.905. The second kappa shape index (κ2) is 8.08. The van der Waals surface area contributed by atoms with Crippen LogP contribution >= 0.6 is 0 Å². The predicted octanol–water partition coefficient (Wildman–Crippen LogP) is 5.57. The molecule has 0 aromatic heterocycles. The Morgan fingerprint density at radius 3 is 1.83 bits per heavy atom. The molecule has 2 heteroatoms. The molecule has 0 bridgehead atoms. The Morgan fingerprint density at radius 2 is 1.12 bits per heavy atom. The summed E-state index contributed by atoms with van der Waals surface area (Å²) in [5, 5.41) is 0. The van der Waals surface area contributed by atoms with Gasteiger partial charge in [-0.05, 0) is 76.8 Å². The molecule has 2 saturated heterocycles. The van der Waals surface area contributed by atoms with Gasteiger partial charge in [0.15, 0.2) is 0 Å². The summed E-state index contributed by atoms with van der Waals surface area (Å²) in [5.74, 6) is 0.964. The normalized spacial score (nSPS) is 36.0. The maximum atomic E-state index is 3.12. The lowest BCUT2D eigenvalue weighted by atomic mass is 9.72. The Kier molecular flexibility index (Phi) is 5.84. The highest BCUT2D eigenvalue weighted by molar-refractivity contribution is 5.02. The van der Waals surface area contributed by atoms with Crippen molar-refractivity contribution in [2.75, 3.05) is 19.6 Å². The zero-order chi connectivity index (χ0) is 16.2. The zero-order valence-electron chi connectivity index (χ0n) is 16.0. The number of nitrogens with zero attached hydrogens (tertiary/aromatic N) is 2. The summed E-state index contributed by atoms with van der Waals surface area (Å²) < 4.78 is 0. The summed E-state index contributed by atoms with van der Waals surface area (Å²) >= 11 is 0. The van der Waals surface area contributed by atoms with Crippen molar-refractivity contribution in [1.29, 1.82) is 0 Å². The Hall–Kier alpha value is -0.0800. The average Bonchev–Trinajstić information content (AvgIpc) is 2.70. The maximum Gasteiger partial charge on any atom is 0.0769 e. The minimum atomic E-state index is 0.459. The number of hydrogen-bond donors (Lipinski definition) is 0. The molecule has 24 heavy (non-hydrogen) atoms. The molecule has 2 saturated carbocycles. The summed E-state index contributed by atoms with van der Waals surface area (Å²) in [6.45, 7) is 4.18. The molecule has 0 amide bonds. The Labute approximate surface area is 150 Å². The third kappa shape index (κ3) is 3.30. The van der Waals surface area contributed by atoms with Gasteiger partial charge in [0.25, 0.3) is 0 Å². The van der Waals surface area contributed by atoms with Crippen LogP contribution in [0.15, 0.2) is 0 Å². The minimum Gasteiger partial charge on any atom is -0.285 e. The molecule has 2 aliphatic carbocycles. The molecule has 4 aliphatic rings. The van der Waals surface area contributed by atoms with Gasteiger partial charge in [-0.25, -0.2) is 0 Å². The summed E-state index contributed by atoms with van der Waals surface area (Å²) in [6.07, 6.45) is 23.8. The molecule has 2 aliphatic heterocycles. The molecule has 4 rings (SSSR count). The van der Waals surface area contributed by atoms with E-state index in [2.05, 4.69) is 9.80 Å². The highest BCUT2D eigenvalue weighted by atomic mass is 15.4. The Balaban J connectivity index is 1.64. The van der Waals surface area contributed by atoms with Crippen LogP contribution in [0.4, 0.5) is 0 Å². The van der Waals surface area contributed by atoms with Gasteiger partial charge in [0.2, 0.25) is 0 Å². The monoisotopic (exact) mass is 332 g/mol. The Morgan fingerprint density at radius 1 is 0.542 bits per heavy atom. The van der Waals surface area contributed by atoms with E-state index >= 15 is 0 Å². The third-order valence-corrected chi connectivity index (χ3v) is 7.87. The van der Waals surface area contributed by atoms with Crippen LogP contribution < -0.4 is 0 Å². The van der Waals surface area contributed by atoms with Crippen LogP contribution in [-0.4, -0.2) is 41.1 Å². The molecule has 1 unspecified atom stereocenters. The van der Waals surface area contributed by atoms with Crippen LogP contribution in [0.5, 0.6) is 0 Å². The van der Waals surface area contributed by atoms with Crippen LogP contribution in [0.3, 0.4) is 0 Å². The molecule has 4 fully saturated rings. The fourth-order valence-corrected chi connectivity index (χ4v) is 6.78. The van der Waals surface area contributed by atoms with Gasteiger partial charge in [-0.15, -0.1) is 0 Å². The van der Waals surface area contributed by atoms with E-state index in [0.717, 1.165) is 12.0 Å². The van der Waals surface area contributed by atoms with Crippen LogP contribution in [0, 0.1) is 5.92 Å². The van der Waals surface area contributed by atoms with Crippen molar-refractivity contribution in [2.24, 2.45) is 5.92 Å². The van der Waals surface area contributed by atoms with Crippen LogP contribution in [0.2, 0.25) is 0 Å². The lowest BCUT2D eigenvalue weighted by molar-refractivity contribution is -0.159. The minimum absolute atomic E-state index is 0.459. The van der Waals surface area contributed by atoms with Gasteiger partial charge >= 0.3 is 0 Å². The van der Waals surface area contributed by atoms with Gasteiger partial charge in [0.1, 0.15) is 0 Å². The Bertz CT molecular complexity index is 357. The third-order valence-electron chi connectivity index (χ3n) is 7.87. The quantitative estimate of drug-likeness (QED) is 0.667. The fraction of sp³-hybridized carbons (Fsp3) is 1.00. The van der Waals surface area contributed by atoms with E-state index in [4.69, 9.17) is 0 Å². The van der Waals surface area contributed by atoms with E-state index in [0.29, 0.717) is 5.66 Å². The molecule has 0 aromatic rings. The van der Waals surface area contributed by atoms with Crippen molar-refractivity contribution < 1.29 is 0 Å². The molecular formula is C22H40N2. The van der Waals surface area contributed by atoms with E-state index < -0.39 is 0 Å². The van der Waals surface area contributed by atoms with Gasteiger partial charge in [0.05, 0.1) is 5.66 Å². The van der Waals surface area contributed by atoms with Crippen molar-refractivity contribution in [1.82, 2.24) is 9.80 Å². The first kappa shape index (κ1) is 17.3. The van der Waals surface area contributed by atoms with Gasteiger partial charge in [0, 0.05) is 12.6 Å². The molecule has 2 heterocycles. The van der Waals surface area contributed by atoms with Gasteiger partial charge in [-0.1, -0.05) is 44.9 Å². The second-order valence-electron chi connectivity index (χ2n) is 9.20. The first-order valence-electron chi connectivity index (χ1n) is 11.4. The molecule has 0 radical (unpaired) electrons. The SMILES string of the molecule is C1CCC(N2CCCCC2(C2CCCCC2)N2CCCCC2)CC1. The molecular weight excluding hydrogens is 292 g/mol. The van der Waals surface area contributed by atoms with E-state index in [9.17, 15) is 0 Å². The van der Waals surface area contributed by atoms with Gasteiger partial charge in [-0.2, -0.15) is 0 Å². The van der Waals surface area contributed by atoms with Gasteiger partial charge < -0.3 is 0 Å². The largest absolute Gasteiger partial charge is 0.285 e. The summed E-state index contributed by atoms with van der Waals surface area (Å²) in [5.41, 5.74) is 0.459. The zero-order valence-corrected chi connectivity index (χ0v) is 16.0. The highest BCUT2D eigenvalue weighted by Crippen LogP contribution is 2.47. The summed E-state index contributed by atoms with van der Waals surface area (Å²) in [7, 11) is 0. The molecule has 138 valence electrons. The van der Waals surface area contributed by atoms with E-state index in [-0.39, 0.29) is 0 Å². The molecule has 2 nitrogen and oxygen atoms in total. The smallest absolute Gasteiger partial charge is 0.0769 e. The van der Waals surface area contributed by atoms with Crippen LogP contribution in [0.1, 0.15) is 103 Å².